The van der Waals surface area contributed by atoms with Gasteiger partial charge in [-0.3, -0.25) is 4.79 Å². The van der Waals surface area contributed by atoms with Crippen molar-refractivity contribution in [3.8, 4) is 0 Å². The van der Waals surface area contributed by atoms with Gasteiger partial charge in [-0.05, 0) is 94.3 Å². The number of rotatable bonds is 9. The number of likely N-dealkylation sites (N-methyl/N-ethyl adjacent to an activating group) is 1. The van der Waals surface area contributed by atoms with E-state index in [4.69, 9.17) is 28.4 Å². The number of aromatic nitrogens is 3. The number of nitrogens with one attached hydrogen (secondary N) is 1. The lowest BCUT2D eigenvalue weighted by molar-refractivity contribution is -0.340. The molecule has 6 N–H and O–H groups in total. The zero-order chi connectivity index (χ0) is 42.8. The van der Waals surface area contributed by atoms with Crippen molar-refractivity contribution in [2.24, 2.45) is 17.8 Å². The number of carbonyl (C=O) groups excluding carboxylic acids is 1. The second kappa shape index (κ2) is 18.8. The molecule has 0 aromatic carbocycles. The summed E-state index contributed by atoms with van der Waals surface area (Å²) < 4.78 is 39.8. The van der Waals surface area contributed by atoms with Crippen molar-refractivity contribution in [2.75, 3.05) is 27.7 Å². The quantitative estimate of drug-likeness (QED) is 0.193. The minimum atomic E-state index is -1.83. The van der Waals surface area contributed by atoms with Gasteiger partial charge in [-0.2, -0.15) is 0 Å². The summed E-state index contributed by atoms with van der Waals surface area (Å²) in [4.78, 5) is 16.3. The van der Waals surface area contributed by atoms with Gasteiger partial charge >= 0.3 is 5.97 Å². The van der Waals surface area contributed by atoms with Crippen LogP contribution < -0.4 is 5.32 Å². The van der Waals surface area contributed by atoms with E-state index < -0.39 is 95.5 Å². The summed E-state index contributed by atoms with van der Waals surface area (Å²) in [5, 5.41) is 70.6. The third kappa shape index (κ3) is 10.4. The lowest BCUT2D eigenvalue weighted by atomic mass is 9.75. The molecule has 3 fully saturated rings. The van der Waals surface area contributed by atoms with Gasteiger partial charge in [-0.1, -0.05) is 26.0 Å². The molecule has 4 heterocycles. The smallest absolute Gasteiger partial charge is 0.311 e. The van der Waals surface area contributed by atoms with Gasteiger partial charge in [0.05, 0.1) is 48.7 Å². The summed E-state index contributed by atoms with van der Waals surface area (Å²) in [6.07, 6.45) is -4.84. The number of carbonyl (C=O) groups is 1. The van der Waals surface area contributed by atoms with E-state index in [2.05, 4.69) is 15.6 Å². The average Bonchev–Trinajstić information content (AvgIpc) is 3.65. The van der Waals surface area contributed by atoms with Gasteiger partial charge < -0.3 is 64.2 Å². The molecule has 57 heavy (non-hydrogen) atoms. The van der Waals surface area contributed by atoms with E-state index in [-0.39, 0.29) is 43.9 Å². The number of hydrogen-bond donors (Lipinski definition) is 6. The van der Waals surface area contributed by atoms with Crippen molar-refractivity contribution in [2.45, 2.75) is 191 Å². The van der Waals surface area contributed by atoms with Crippen LogP contribution in [0, 0.1) is 17.8 Å². The number of aliphatic hydroxyl groups excluding tert-OH is 2. The molecule has 17 heteroatoms. The van der Waals surface area contributed by atoms with Crippen LogP contribution in [0.3, 0.4) is 0 Å². The van der Waals surface area contributed by atoms with E-state index in [1.54, 1.807) is 54.7 Å². The van der Waals surface area contributed by atoms with Crippen LogP contribution in [-0.2, 0) is 39.8 Å². The summed E-state index contributed by atoms with van der Waals surface area (Å²) in [7, 11) is 5.25. The third-order valence-electron chi connectivity index (χ3n) is 13.1. The summed E-state index contributed by atoms with van der Waals surface area (Å²) in [5.41, 5.74) is -6.25. The topological polar surface area (TPSA) is 220 Å². The predicted octanol–water partition coefficient (Wildman–Crippen LogP) is 1.22. The van der Waals surface area contributed by atoms with E-state index in [1.807, 2.05) is 32.8 Å². The first-order valence-corrected chi connectivity index (χ1v) is 20.6. The highest BCUT2D eigenvalue weighted by Gasteiger charge is 2.59. The Morgan fingerprint density at radius 2 is 1.68 bits per heavy atom. The number of nitrogens with zero attached hydrogens (tertiary/aromatic N) is 4. The van der Waals surface area contributed by atoms with Crippen LogP contribution in [0.5, 0.6) is 0 Å². The third-order valence-corrected chi connectivity index (χ3v) is 13.1. The first kappa shape index (κ1) is 47.8. The van der Waals surface area contributed by atoms with Gasteiger partial charge in [0, 0.05) is 37.7 Å². The Hall–Kier alpha value is -1.87. The lowest BCUT2D eigenvalue weighted by Crippen LogP contribution is -2.68. The number of esters is 1. The molecule has 0 unspecified atom stereocenters. The number of methoxy groups -OCH3 is 1. The second-order valence-electron chi connectivity index (χ2n) is 18.1. The molecule has 4 rings (SSSR count). The van der Waals surface area contributed by atoms with E-state index in [0.29, 0.717) is 13.0 Å². The van der Waals surface area contributed by atoms with Crippen molar-refractivity contribution in [3.05, 3.63) is 12.4 Å². The van der Waals surface area contributed by atoms with Crippen LogP contribution in [-0.4, -0.2) is 169 Å². The molecule has 1 aromatic heterocycles. The highest BCUT2D eigenvalue weighted by Crippen LogP contribution is 2.44. The molecule has 17 nitrogen and oxygen atoms in total. The van der Waals surface area contributed by atoms with Crippen molar-refractivity contribution in [1.82, 2.24) is 25.2 Å². The van der Waals surface area contributed by atoms with Gasteiger partial charge in [-0.15, -0.1) is 5.10 Å². The summed E-state index contributed by atoms with van der Waals surface area (Å²) in [5.74, 6) is -2.76. The van der Waals surface area contributed by atoms with Crippen LogP contribution in [0.2, 0.25) is 0 Å². The molecule has 18 atom stereocenters. The zero-order valence-corrected chi connectivity index (χ0v) is 36.4. The molecular weight excluding hydrogens is 742 g/mol. The molecule has 0 aliphatic carbocycles. The van der Waals surface area contributed by atoms with Crippen LogP contribution in [0.25, 0.3) is 0 Å². The van der Waals surface area contributed by atoms with Crippen molar-refractivity contribution >= 4 is 5.97 Å². The van der Waals surface area contributed by atoms with Gasteiger partial charge in [0.25, 0.3) is 0 Å². The maximum atomic E-state index is 14.3. The highest BCUT2D eigenvalue weighted by atomic mass is 16.7. The molecule has 3 aliphatic rings. The van der Waals surface area contributed by atoms with Crippen molar-refractivity contribution in [1.29, 1.82) is 0 Å². The summed E-state index contributed by atoms with van der Waals surface area (Å²) in [6, 6.07) is -0.902. The van der Waals surface area contributed by atoms with Gasteiger partial charge in [-0.25, -0.2) is 4.68 Å². The second-order valence-corrected chi connectivity index (χ2v) is 18.1. The average molecular weight is 816 g/mol. The number of cyclic esters (lactones) is 1. The molecular formula is C40H73N5O12. The Kier molecular flexibility index (Phi) is 15.8. The fourth-order valence-corrected chi connectivity index (χ4v) is 9.28. The number of hydrogen-bond acceptors (Lipinski definition) is 16. The maximum absolute atomic E-state index is 14.3. The van der Waals surface area contributed by atoms with Crippen molar-refractivity contribution < 1.29 is 58.7 Å². The molecule has 1 aromatic rings. The molecule has 330 valence electrons. The summed E-state index contributed by atoms with van der Waals surface area (Å²) >= 11 is 0. The van der Waals surface area contributed by atoms with Crippen LogP contribution in [0.1, 0.15) is 94.9 Å². The van der Waals surface area contributed by atoms with Gasteiger partial charge in [0.15, 0.2) is 12.6 Å². The standard InChI is InChI=1S/C40H73N5O12/c1-14-29-39(10,50)33(47)26(6)41-20-22(2)18-37(8,49)34(57-36-31(46)28(44(11)12)17-23(3)53-36)24(4)32(25(5)35(48)55-29)56-30-19-38(9,52-13)40(51,27(7)54-30)21-45-16-15-42-43-45/h15-16,22-34,36,41,46-47,49-51H,14,17-21H2,1-13H3/t22-,23-,24+,25-,26-,27+,28+,29-,30+,31-,32+,33-,34-,36+,37-,38-,39-,40-/m1/s1. The molecule has 0 bridgehead atoms. The molecule has 0 amide bonds. The lowest BCUT2D eigenvalue weighted by Gasteiger charge is -2.53. The highest BCUT2D eigenvalue weighted by molar-refractivity contribution is 5.73. The fourth-order valence-electron chi connectivity index (χ4n) is 9.28. The first-order valence-electron chi connectivity index (χ1n) is 20.6. The largest absolute Gasteiger partial charge is 0.459 e. The van der Waals surface area contributed by atoms with Gasteiger partial charge in [0.1, 0.15) is 35.1 Å². The Labute approximate surface area is 338 Å². The zero-order valence-electron chi connectivity index (χ0n) is 36.4. The van der Waals surface area contributed by atoms with Crippen LogP contribution in [0.4, 0.5) is 0 Å². The Bertz CT molecular complexity index is 1420. The van der Waals surface area contributed by atoms with Crippen LogP contribution in [0.15, 0.2) is 12.4 Å². The number of aliphatic hydroxyl groups is 5. The molecule has 0 spiro atoms. The normalized spacial score (nSPS) is 47.2. The first-order chi connectivity index (χ1) is 26.4. The maximum Gasteiger partial charge on any atom is 0.311 e. The van der Waals surface area contributed by atoms with Gasteiger partial charge in [0.2, 0.25) is 0 Å². The minimum absolute atomic E-state index is 0.0124. The van der Waals surface area contributed by atoms with E-state index >= 15 is 0 Å². The molecule has 0 radical (unpaired) electrons. The van der Waals surface area contributed by atoms with E-state index in [1.165, 1.54) is 24.9 Å². The Balaban J connectivity index is 1.80. The van der Waals surface area contributed by atoms with Crippen LogP contribution >= 0.6 is 0 Å². The molecule has 3 saturated heterocycles. The van der Waals surface area contributed by atoms with E-state index in [0.717, 1.165) is 0 Å². The monoisotopic (exact) mass is 816 g/mol. The van der Waals surface area contributed by atoms with E-state index in [9.17, 15) is 30.3 Å². The molecule has 0 saturated carbocycles. The Morgan fingerprint density at radius 1 is 1.02 bits per heavy atom. The summed E-state index contributed by atoms with van der Waals surface area (Å²) in [6.45, 7) is 17.8. The predicted molar refractivity (Wildman–Crippen MR) is 209 cm³/mol. The fraction of sp³-hybridized carbons (Fsp3) is 0.925. The SMILES string of the molecule is CC[C@H]1OC(=O)[C@H](C)[C@@H](O[C@H]2C[C@@](C)(OC)[C@@](O)(Cn3ccnn3)[C@H](C)O2)[C@H](C)[C@@H](O[C@@H]2O[C@H](C)C[C@H](N(C)C)[C@H]2O)[C@](C)(O)C[C@@H](C)CN[C@H](C)[C@@H](O)[C@]1(C)O. The number of ether oxygens (including phenoxy) is 6. The Morgan fingerprint density at radius 3 is 2.26 bits per heavy atom. The van der Waals surface area contributed by atoms with Crippen molar-refractivity contribution in [3.63, 3.8) is 0 Å². The minimum Gasteiger partial charge on any atom is -0.459 e. The molecule has 3 aliphatic heterocycles.